The van der Waals surface area contributed by atoms with E-state index >= 15 is 0 Å². The highest BCUT2D eigenvalue weighted by atomic mass is 35.5. The molecule has 2 heterocycles. The van der Waals surface area contributed by atoms with E-state index in [1.54, 1.807) is 0 Å². The van der Waals surface area contributed by atoms with Crippen LogP contribution in [0.2, 0.25) is 5.02 Å². The molecule has 3 atom stereocenters. The van der Waals surface area contributed by atoms with E-state index in [4.69, 9.17) is 16.3 Å². The van der Waals surface area contributed by atoms with Crippen molar-refractivity contribution in [1.82, 2.24) is 15.1 Å². The summed E-state index contributed by atoms with van der Waals surface area (Å²) in [4.78, 5) is 2.10. The molecule has 0 amide bonds. The van der Waals surface area contributed by atoms with Crippen molar-refractivity contribution in [2.45, 2.75) is 18.8 Å². The van der Waals surface area contributed by atoms with Gasteiger partial charge in [-0.1, -0.05) is 23.7 Å². The first-order valence-corrected chi connectivity index (χ1v) is 8.33. The Hall–Kier alpha value is -1.44. The van der Waals surface area contributed by atoms with Gasteiger partial charge in [-0.25, -0.2) is 0 Å². The quantitative estimate of drug-likeness (QED) is 0.761. The fourth-order valence-corrected chi connectivity index (χ4v) is 3.19. The maximum absolute atomic E-state index is 10.1. The number of ether oxygens (including phenoxy) is 1. The zero-order valence-electron chi connectivity index (χ0n) is 13.5. The molecule has 1 fully saturated rings. The lowest BCUT2D eigenvalue weighted by atomic mass is 9.96. The number of hydrogen-bond donors (Lipinski definition) is 3. The summed E-state index contributed by atoms with van der Waals surface area (Å²) in [5.41, 5.74) is 3.04. The highest BCUT2D eigenvalue weighted by Gasteiger charge is 2.32. The van der Waals surface area contributed by atoms with Crippen LogP contribution in [0.15, 0.2) is 30.5 Å². The number of nitrogens with one attached hydrogen (secondary N) is 1. The van der Waals surface area contributed by atoms with Crippen LogP contribution in [0, 0.1) is 5.92 Å². The smallest absolute Gasteiger partial charge is 0.104 e. The first-order chi connectivity index (χ1) is 11.5. The van der Waals surface area contributed by atoms with Gasteiger partial charge in [0.2, 0.25) is 0 Å². The maximum atomic E-state index is 10.1. The molecule has 1 aromatic heterocycles. The van der Waals surface area contributed by atoms with Crippen LogP contribution in [0.1, 0.15) is 5.56 Å². The predicted molar refractivity (Wildman–Crippen MR) is 91.7 cm³/mol. The standard InChI is InChI=1S/C17H22ClN3O3/c1-21(8-13-9-24-10-15(22)17(13)23)7-12-6-19-20-16(12)11-2-4-14(18)5-3-11/h2-6,13,15,17,22-23H,7-10H2,1H3,(H,19,20)/t13-,15-,17+/m1/s1. The fourth-order valence-electron chi connectivity index (χ4n) is 3.07. The molecule has 0 aliphatic carbocycles. The molecule has 1 aliphatic rings. The molecule has 1 aliphatic heterocycles. The second-order valence-corrected chi connectivity index (χ2v) is 6.77. The number of aromatic amines is 1. The van der Waals surface area contributed by atoms with Crippen LogP contribution in [0.3, 0.4) is 0 Å². The summed E-state index contributed by atoms with van der Waals surface area (Å²) >= 11 is 5.94. The first kappa shape index (κ1) is 17.4. The van der Waals surface area contributed by atoms with Gasteiger partial charge in [0.05, 0.1) is 31.2 Å². The second kappa shape index (κ2) is 7.63. The molecule has 6 nitrogen and oxygen atoms in total. The number of hydrogen-bond acceptors (Lipinski definition) is 5. The van der Waals surface area contributed by atoms with Crippen molar-refractivity contribution in [1.29, 1.82) is 0 Å². The van der Waals surface area contributed by atoms with Gasteiger partial charge >= 0.3 is 0 Å². The molecule has 0 spiro atoms. The largest absolute Gasteiger partial charge is 0.390 e. The highest BCUT2D eigenvalue weighted by molar-refractivity contribution is 6.30. The minimum Gasteiger partial charge on any atom is -0.390 e. The van der Waals surface area contributed by atoms with Crippen molar-refractivity contribution in [3.63, 3.8) is 0 Å². The molecule has 3 rings (SSSR count). The van der Waals surface area contributed by atoms with E-state index < -0.39 is 12.2 Å². The molecule has 1 saturated heterocycles. The van der Waals surface area contributed by atoms with Crippen molar-refractivity contribution < 1.29 is 14.9 Å². The third-order valence-electron chi connectivity index (χ3n) is 4.33. The highest BCUT2D eigenvalue weighted by Crippen LogP contribution is 2.24. The Labute approximate surface area is 146 Å². The molecule has 7 heteroatoms. The van der Waals surface area contributed by atoms with Crippen LogP contribution in [0.25, 0.3) is 11.3 Å². The number of H-pyrrole nitrogens is 1. The number of halogens is 1. The van der Waals surface area contributed by atoms with E-state index in [1.807, 2.05) is 37.5 Å². The van der Waals surface area contributed by atoms with E-state index in [0.29, 0.717) is 24.7 Å². The van der Waals surface area contributed by atoms with Crippen molar-refractivity contribution in [2.75, 3.05) is 26.8 Å². The van der Waals surface area contributed by atoms with E-state index in [0.717, 1.165) is 16.8 Å². The average Bonchev–Trinajstić information content (AvgIpc) is 3.00. The van der Waals surface area contributed by atoms with Gasteiger partial charge in [0.25, 0.3) is 0 Å². The van der Waals surface area contributed by atoms with Crippen molar-refractivity contribution in [2.24, 2.45) is 5.92 Å². The molecular formula is C17H22ClN3O3. The lowest BCUT2D eigenvalue weighted by Crippen LogP contribution is -2.47. The number of nitrogens with zero attached hydrogens (tertiary/aromatic N) is 2. The van der Waals surface area contributed by atoms with Gasteiger partial charge < -0.3 is 19.8 Å². The molecule has 0 saturated carbocycles. The van der Waals surface area contributed by atoms with E-state index in [2.05, 4.69) is 15.1 Å². The molecular weight excluding hydrogens is 330 g/mol. The Balaban J connectivity index is 1.66. The van der Waals surface area contributed by atoms with Gasteiger partial charge in [-0.2, -0.15) is 5.10 Å². The Bertz CT molecular complexity index is 661. The fraction of sp³-hybridized carbons (Fsp3) is 0.471. The van der Waals surface area contributed by atoms with Gasteiger partial charge in [0.1, 0.15) is 6.10 Å². The Morgan fingerprint density at radius 1 is 1.29 bits per heavy atom. The molecule has 0 radical (unpaired) electrons. The molecule has 24 heavy (non-hydrogen) atoms. The SMILES string of the molecule is CN(Cc1cn[nH]c1-c1ccc(Cl)cc1)C[C@@H]1COC[C@@H](O)[C@H]1O. The summed E-state index contributed by atoms with van der Waals surface area (Å²) in [5, 5.41) is 27.7. The van der Waals surface area contributed by atoms with Gasteiger partial charge in [-0.05, 0) is 24.7 Å². The van der Waals surface area contributed by atoms with Crippen LogP contribution in [-0.2, 0) is 11.3 Å². The lowest BCUT2D eigenvalue weighted by molar-refractivity contribution is -0.125. The zero-order chi connectivity index (χ0) is 17.1. The third-order valence-corrected chi connectivity index (χ3v) is 4.59. The van der Waals surface area contributed by atoms with Crippen molar-refractivity contribution in [3.05, 3.63) is 41.0 Å². The lowest BCUT2D eigenvalue weighted by Gasteiger charge is -2.34. The number of rotatable bonds is 5. The summed E-state index contributed by atoms with van der Waals surface area (Å²) in [7, 11) is 1.98. The van der Waals surface area contributed by atoms with Crippen LogP contribution < -0.4 is 0 Å². The molecule has 0 bridgehead atoms. The van der Waals surface area contributed by atoms with Gasteiger partial charge in [-0.15, -0.1) is 0 Å². The molecule has 0 unspecified atom stereocenters. The first-order valence-electron chi connectivity index (χ1n) is 7.95. The van der Waals surface area contributed by atoms with E-state index in [1.165, 1.54) is 0 Å². The zero-order valence-corrected chi connectivity index (χ0v) is 14.3. The summed E-state index contributed by atoms with van der Waals surface area (Å²) in [5.74, 6) is -0.107. The third kappa shape index (κ3) is 3.96. The maximum Gasteiger partial charge on any atom is 0.104 e. The van der Waals surface area contributed by atoms with Gasteiger partial charge in [0, 0.05) is 29.6 Å². The topological polar surface area (TPSA) is 81.6 Å². The second-order valence-electron chi connectivity index (χ2n) is 6.33. The van der Waals surface area contributed by atoms with Crippen LogP contribution in [0.5, 0.6) is 0 Å². The van der Waals surface area contributed by atoms with Crippen LogP contribution in [-0.4, -0.2) is 64.3 Å². The summed E-state index contributed by atoms with van der Waals surface area (Å²) in [6.45, 7) is 1.96. The van der Waals surface area contributed by atoms with Crippen LogP contribution in [0.4, 0.5) is 0 Å². The molecule has 2 aromatic rings. The summed E-state index contributed by atoms with van der Waals surface area (Å²) in [6.07, 6.45) is 0.250. The van der Waals surface area contributed by atoms with E-state index in [-0.39, 0.29) is 12.5 Å². The Kier molecular flexibility index (Phi) is 5.53. The normalized spacial score (nSPS) is 24.5. The molecule has 3 N–H and O–H groups in total. The van der Waals surface area contributed by atoms with Crippen molar-refractivity contribution in [3.8, 4) is 11.3 Å². The Morgan fingerprint density at radius 3 is 2.79 bits per heavy atom. The van der Waals surface area contributed by atoms with Gasteiger partial charge in [0.15, 0.2) is 0 Å². The number of aliphatic hydroxyl groups is 2. The average molecular weight is 352 g/mol. The number of benzene rings is 1. The minimum atomic E-state index is -0.810. The number of aromatic nitrogens is 2. The predicted octanol–water partition coefficient (Wildman–Crippen LogP) is 1.53. The van der Waals surface area contributed by atoms with Gasteiger partial charge in [-0.3, -0.25) is 5.10 Å². The molecule has 130 valence electrons. The Morgan fingerprint density at radius 2 is 2.04 bits per heavy atom. The molecule has 1 aromatic carbocycles. The van der Waals surface area contributed by atoms with Crippen LogP contribution >= 0.6 is 11.6 Å². The minimum absolute atomic E-state index is 0.107. The monoisotopic (exact) mass is 351 g/mol. The van der Waals surface area contributed by atoms with E-state index in [9.17, 15) is 10.2 Å². The summed E-state index contributed by atoms with van der Waals surface area (Å²) < 4.78 is 5.34. The van der Waals surface area contributed by atoms with Crippen molar-refractivity contribution >= 4 is 11.6 Å². The summed E-state index contributed by atoms with van der Waals surface area (Å²) in [6, 6.07) is 7.60. The number of aliphatic hydroxyl groups excluding tert-OH is 2.